The standard InChI is InChI=1S/C21H30N4O2S2/c1-24-20(12-19(23-24)15-5-2-3-6-15)18-14-25-9-8-16(18)11-17(25)13-22-29(26,27)21-7-4-10-28-21/h4,7,10,12,15-18,22H,2-3,5-6,8-9,11,13-14H2,1H3/t16-,17+,18-/m0/s1. The number of piperidine rings is 3. The molecule has 4 fully saturated rings. The summed E-state index contributed by atoms with van der Waals surface area (Å²) in [5, 5.41) is 6.68. The molecule has 2 bridgehead atoms. The summed E-state index contributed by atoms with van der Waals surface area (Å²) in [5.74, 6) is 1.78. The summed E-state index contributed by atoms with van der Waals surface area (Å²) in [7, 11) is -1.29. The lowest BCUT2D eigenvalue weighted by Gasteiger charge is -2.49. The molecule has 8 heteroatoms. The van der Waals surface area contributed by atoms with Gasteiger partial charge in [-0.25, -0.2) is 13.1 Å². The van der Waals surface area contributed by atoms with Crippen LogP contribution in [0.1, 0.15) is 61.7 Å². The zero-order valence-corrected chi connectivity index (χ0v) is 18.6. The van der Waals surface area contributed by atoms with Crippen LogP contribution in [-0.2, 0) is 17.1 Å². The van der Waals surface area contributed by atoms with Crippen LogP contribution >= 0.6 is 11.3 Å². The normalized spacial score (nSPS) is 30.2. The van der Waals surface area contributed by atoms with Crippen LogP contribution in [-0.4, -0.2) is 48.8 Å². The van der Waals surface area contributed by atoms with E-state index < -0.39 is 10.0 Å². The van der Waals surface area contributed by atoms with E-state index in [0.29, 0.717) is 34.5 Å². The molecule has 6 nitrogen and oxygen atoms in total. The molecule has 29 heavy (non-hydrogen) atoms. The average molecular weight is 435 g/mol. The Balaban J connectivity index is 1.26. The number of thiophene rings is 1. The third-order valence-corrected chi connectivity index (χ3v) is 10.1. The van der Waals surface area contributed by atoms with E-state index in [9.17, 15) is 8.42 Å². The predicted octanol–water partition coefficient (Wildman–Crippen LogP) is 3.30. The second-order valence-corrected chi connectivity index (χ2v) is 11.9. The predicted molar refractivity (Wildman–Crippen MR) is 115 cm³/mol. The van der Waals surface area contributed by atoms with Crippen LogP contribution in [0.15, 0.2) is 27.8 Å². The number of nitrogens with one attached hydrogen (secondary N) is 1. The zero-order chi connectivity index (χ0) is 20.0. The number of hydrogen-bond donors (Lipinski definition) is 1. The Kier molecular flexibility index (Phi) is 5.30. The second kappa shape index (κ2) is 7.80. The molecular formula is C21H30N4O2S2. The van der Waals surface area contributed by atoms with Crippen LogP contribution in [0.2, 0.25) is 0 Å². The lowest BCUT2D eigenvalue weighted by molar-refractivity contribution is 0.0306. The highest BCUT2D eigenvalue weighted by Gasteiger charge is 2.42. The third kappa shape index (κ3) is 3.80. The van der Waals surface area contributed by atoms with Crippen molar-refractivity contribution in [1.82, 2.24) is 19.4 Å². The van der Waals surface area contributed by atoms with Gasteiger partial charge in [0.1, 0.15) is 4.21 Å². The van der Waals surface area contributed by atoms with Crippen molar-refractivity contribution in [3.8, 4) is 0 Å². The number of sulfonamides is 1. The van der Waals surface area contributed by atoms with Crippen LogP contribution in [0.4, 0.5) is 0 Å². The molecule has 0 radical (unpaired) electrons. The van der Waals surface area contributed by atoms with Crippen molar-refractivity contribution in [2.24, 2.45) is 13.0 Å². The maximum atomic E-state index is 12.5. The molecule has 1 aliphatic carbocycles. The number of fused-ring (bicyclic) bond motifs is 3. The smallest absolute Gasteiger partial charge is 0.250 e. The third-order valence-electron chi connectivity index (χ3n) is 7.24. The minimum atomic E-state index is -3.38. The van der Waals surface area contributed by atoms with E-state index in [-0.39, 0.29) is 0 Å². The minimum absolute atomic E-state index is 0.294. The van der Waals surface area contributed by atoms with E-state index >= 15 is 0 Å². The van der Waals surface area contributed by atoms with E-state index in [4.69, 9.17) is 5.10 Å². The van der Waals surface area contributed by atoms with Gasteiger partial charge in [-0.1, -0.05) is 18.9 Å². The van der Waals surface area contributed by atoms with Crippen molar-refractivity contribution in [3.05, 3.63) is 35.0 Å². The molecule has 1 saturated carbocycles. The molecule has 3 saturated heterocycles. The van der Waals surface area contributed by atoms with Crippen molar-refractivity contribution < 1.29 is 8.42 Å². The van der Waals surface area contributed by atoms with Gasteiger partial charge in [0.05, 0.1) is 5.69 Å². The van der Waals surface area contributed by atoms with Gasteiger partial charge in [-0.05, 0) is 55.7 Å². The first kappa shape index (κ1) is 19.7. The fourth-order valence-electron chi connectivity index (χ4n) is 5.65. The first-order chi connectivity index (χ1) is 14.0. The van der Waals surface area contributed by atoms with Crippen molar-refractivity contribution in [2.45, 2.75) is 60.6 Å². The van der Waals surface area contributed by atoms with Gasteiger partial charge < -0.3 is 0 Å². The van der Waals surface area contributed by atoms with Crippen LogP contribution in [0, 0.1) is 5.92 Å². The topological polar surface area (TPSA) is 67.2 Å². The minimum Gasteiger partial charge on any atom is -0.298 e. The number of aryl methyl sites for hydroxylation is 1. The highest BCUT2D eigenvalue weighted by atomic mass is 32.2. The molecule has 2 aromatic heterocycles. The van der Waals surface area contributed by atoms with Gasteiger partial charge in [0.15, 0.2) is 0 Å². The Labute approximate surface area is 177 Å². The zero-order valence-electron chi connectivity index (χ0n) is 17.0. The fourth-order valence-corrected chi connectivity index (χ4v) is 7.76. The van der Waals surface area contributed by atoms with Crippen LogP contribution in [0.5, 0.6) is 0 Å². The lowest BCUT2D eigenvalue weighted by atomic mass is 9.74. The summed E-state index contributed by atoms with van der Waals surface area (Å²) < 4.78 is 30.3. The summed E-state index contributed by atoms with van der Waals surface area (Å²) in [6, 6.07) is 6.11. The Morgan fingerprint density at radius 3 is 2.79 bits per heavy atom. The van der Waals surface area contributed by atoms with Crippen LogP contribution in [0.25, 0.3) is 0 Å². The maximum absolute atomic E-state index is 12.5. The van der Waals surface area contributed by atoms with Gasteiger partial charge in [0.2, 0.25) is 10.0 Å². The molecular weight excluding hydrogens is 404 g/mol. The van der Waals surface area contributed by atoms with Gasteiger partial charge >= 0.3 is 0 Å². The van der Waals surface area contributed by atoms with E-state index in [1.807, 2.05) is 0 Å². The Hall–Kier alpha value is -1.22. The highest BCUT2D eigenvalue weighted by molar-refractivity contribution is 7.91. The first-order valence-corrected chi connectivity index (χ1v) is 13.2. The van der Waals surface area contributed by atoms with Crippen molar-refractivity contribution in [1.29, 1.82) is 0 Å². The van der Waals surface area contributed by atoms with Gasteiger partial charge in [-0.2, -0.15) is 5.10 Å². The van der Waals surface area contributed by atoms with E-state index in [2.05, 4.69) is 27.4 Å². The number of hydrogen-bond acceptors (Lipinski definition) is 5. The van der Waals surface area contributed by atoms with Gasteiger partial charge in [0, 0.05) is 43.7 Å². The summed E-state index contributed by atoms with van der Waals surface area (Å²) in [6.07, 6.45) is 7.48. The van der Waals surface area contributed by atoms with E-state index in [1.165, 1.54) is 54.8 Å². The molecule has 6 rings (SSSR count). The van der Waals surface area contributed by atoms with Gasteiger partial charge in [-0.3, -0.25) is 9.58 Å². The molecule has 2 aromatic rings. The Morgan fingerprint density at radius 2 is 2.10 bits per heavy atom. The molecule has 0 aromatic carbocycles. The summed E-state index contributed by atoms with van der Waals surface area (Å²) >= 11 is 1.27. The SMILES string of the molecule is Cn1nc(C2CCCC2)cc1[C@H]1CN2CC[C@H]1C[C@@H]2CNS(=O)(=O)c1cccs1. The molecule has 1 N–H and O–H groups in total. The van der Waals surface area contributed by atoms with E-state index in [1.54, 1.807) is 17.5 Å². The Morgan fingerprint density at radius 1 is 1.28 bits per heavy atom. The van der Waals surface area contributed by atoms with Crippen molar-refractivity contribution in [2.75, 3.05) is 19.6 Å². The molecule has 5 heterocycles. The van der Waals surface area contributed by atoms with E-state index in [0.717, 1.165) is 19.5 Å². The number of nitrogens with zero attached hydrogens (tertiary/aromatic N) is 3. The number of rotatable bonds is 6. The van der Waals surface area contributed by atoms with Gasteiger partial charge in [-0.15, -0.1) is 11.3 Å². The molecule has 4 aliphatic rings. The molecule has 3 aliphatic heterocycles. The maximum Gasteiger partial charge on any atom is 0.250 e. The monoisotopic (exact) mass is 434 g/mol. The quantitative estimate of drug-likeness (QED) is 0.758. The van der Waals surface area contributed by atoms with Crippen LogP contribution < -0.4 is 4.72 Å². The molecule has 158 valence electrons. The Bertz CT molecular complexity index is 947. The summed E-state index contributed by atoms with van der Waals surface area (Å²) in [6.45, 7) is 2.59. The fraction of sp³-hybridized carbons (Fsp3) is 0.667. The molecule has 0 spiro atoms. The molecule has 4 atom stereocenters. The summed E-state index contributed by atoms with van der Waals surface area (Å²) in [5.41, 5.74) is 2.66. The highest BCUT2D eigenvalue weighted by Crippen LogP contribution is 2.43. The first-order valence-electron chi connectivity index (χ1n) is 10.8. The number of aromatic nitrogens is 2. The summed E-state index contributed by atoms with van der Waals surface area (Å²) in [4.78, 5) is 2.49. The second-order valence-electron chi connectivity index (χ2n) is 8.92. The van der Waals surface area contributed by atoms with Crippen LogP contribution in [0.3, 0.4) is 0 Å². The van der Waals surface area contributed by atoms with Crippen molar-refractivity contribution in [3.63, 3.8) is 0 Å². The average Bonchev–Trinajstić information content (AvgIpc) is 3.48. The molecule has 1 unspecified atom stereocenters. The lowest BCUT2D eigenvalue weighted by Crippen LogP contribution is -2.56. The largest absolute Gasteiger partial charge is 0.298 e. The van der Waals surface area contributed by atoms with Crippen molar-refractivity contribution >= 4 is 21.4 Å². The molecule has 0 amide bonds. The van der Waals surface area contributed by atoms with Gasteiger partial charge in [0.25, 0.3) is 0 Å².